The zero-order valence-corrected chi connectivity index (χ0v) is 20.3. The van der Waals surface area contributed by atoms with Crippen molar-refractivity contribution in [2.24, 2.45) is 0 Å². The van der Waals surface area contributed by atoms with Crippen molar-refractivity contribution >= 4 is 35.0 Å². The summed E-state index contributed by atoms with van der Waals surface area (Å²) in [5.74, 6) is 0.792. The van der Waals surface area contributed by atoms with Crippen molar-refractivity contribution in [2.75, 3.05) is 11.1 Å². The SMILES string of the molecule is CC(C)(C)c1ccc(-c2nnc(SCC(=O)Nc3cccc(Cl)c3)n2-c2ccccc2)cc1. The fraction of sp³-hybridized carbons (Fsp3) is 0.192. The Morgan fingerprint density at radius 2 is 1.70 bits per heavy atom. The van der Waals surface area contributed by atoms with E-state index in [9.17, 15) is 4.79 Å². The zero-order chi connectivity index (χ0) is 23.4. The predicted molar refractivity (Wildman–Crippen MR) is 136 cm³/mol. The fourth-order valence-corrected chi connectivity index (χ4v) is 4.32. The second-order valence-corrected chi connectivity index (χ2v) is 10.0. The number of halogens is 1. The molecule has 1 amide bonds. The lowest BCUT2D eigenvalue weighted by Crippen LogP contribution is -2.14. The number of thioether (sulfide) groups is 1. The van der Waals surface area contributed by atoms with Crippen LogP contribution in [0.15, 0.2) is 84.0 Å². The molecule has 0 bridgehead atoms. The molecule has 0 atom stereocenters. The first-order valence-electron chi connectivity index (χ1n) is 10.6. The minimum absolute atomic E-state index is 0.0724. The topological polar surface area (TPSA) is 59.8 Å². The van der Waals surface area contributed by atoms with Gasteiger partial charge in [0, 0.05) is 22.0 Å². The van der Waals surface area contributed by atoms with Crippen LogP contribution in [0.2, 0.25) is 5.02 Å². The van der Waals surface area contributed by atoms with Crippen LogP contribution in [0.25, 0.3) is 17.1 Å². The molecule has 1 aromatic heterocycles. The van der Waals surface area contributed by atoms with Gasteiger partial charge in [0.25, 0.3) is 0 Å². The van der Waals surface area contributed by atoms with E-state index in [0.717, 1.165) is 17.1 Å². The molecule has 4 aromatic rings. The smallest absolute Gasteiger partial charge is 0.234 e. The number of aromatic nitrogens is 3. The Labute approximate surface area is 203 Å². The molecule has 4 rings (SSSR count). The summed E-state index contributed by atoms with van der Waals surface area (Å²) in [6.45, 7) is 6.58. The molecule has 0 unspecified atom stereocenters. The Balaban J connectivity index is 1.60. The predicted octanol–water partition coefficient (Wildman–Crippen LogP) is 6.62. The number of carbonyl (C=O) groups is 1. The Bertz CT molecular complexity index is 1250. The number of carbonyl (C=O) groups excluding carboxylic acids is 1. The van der Waals surface area contributed by atoms with Crippen molar-refractivity contribution in [1.29, 1.82) is 0 Å². The molecule has 7 heteroatoms. The van der Waals surface area contributed by atoms with Crippen molar-refractivity contribution in [2.45, 2.75) is 31.3 Å². The number of anilines is 1. The van der Waals surface area contributed by atoms with Gasteiger partial charge in [0.05, 0.1) is 5.75 Å². The number of rotatable bonds is 6. The number of benzene rings is 3. The van der Waals surface area contributed by atoms with E-state index in [1.165, 1.54) is 17.3 Å². The number of hydrogen-bond acceptors (Lipinski definition) is 4. The summed E-state index contributed by atoms with van der Waals surface area (Å²) in [7, 11) is 0. The minimum atomic E-state index is -0.138. The summed E-state index contributed by atoms with van der Waals surface area (Å²) in [6.07, 6.45) is 0. The van der Waals surface area contributed by atoms with Gasteiger partial charge < -0.3 is 5.32 Å². The lowest BCUT2D eigenvalue weighted by molar-refractivity contribution is -0.113. The van der Waals surface area contributed by atoms with E-state index in [1.807, 2.05) is 34.9 Å². The fourth-order valence-electron chi connectivity index (χ4n) is 3.37. The maximum atomic E-state index is 12.5. The number of nitrogens with one attached hydrogen (secondary N) is 1. The number of nitrogens with zero attached hydrogens (tertiary/aromatic N) is 3. The van der Waals surface area contributed by atoms with E-state index >= 15 is 0 Å². The molecule has 1 heterocycles. The second kappa shape index (κ2) is 9.81. The molecular weight excluding hydrogens is 452 g/mol. The van der Waals surface area contributed by atoms with Gasteiger partial charge in [-0.1, -0.05) is 92.7 Å². The molecular formula is C26H25ClN4OS. The van der Waals surface area contributed by atoms with Gasteiger partial charge in [-0.3, -0.25) is 9.36 Å². The van der Waals surface area contributed by atoms with Gasteiger partial charge in [-0.05, 0) is 41.3 Å². The summed E-state index contributed by atoms with van der Waals surface area (Å²) in [5, 5.41) is 13.0. The Morgan fingerprint density at radius 1 is 0.970 bits per heavy atom. The van der Waals surface area contributed by atoms with E-state index in [4.69, 9.17) is 11.6 Å². The highest BCUT2D eigenvalue weighted by Gasteiger charge is 2.19. The van der Waals surface area contributed by atoms with Gasteiger partial charge in [-0.2, -0.15) is 0 Å². The van der Waals surface area contributed by atoms with Crippen LogP contribution in [-0.2, 0) is 10.2 Å². The highest BCUT2D eigenvalue weighted by atomic mass is 35.5. The highest BCUT2D eigenvalue weighted by Crippen LogP contribution is 2.30. The van der Waals surface area contributed by atoms with Crippen LogP contribution in [-0.4, -0.2) is 26.4 Å². The summed E-state index contributed by atoms with van der Waals surface area (Å²) in [6, 6.07) is 25.4. The standard InChI is InChI=1S/C26H25ClN4OS/c1-26(2,3)19-14-12-18(13-15-19)24-29-30-25(31(24)22-10-5-4-6-11-22)33-17-23(32)28-21-9-7-8-20(27)16-21/h4-16H,17H2,1-3H3,(H,28,32). The van der Waals surface area contributed by atoms with Crippen LogP contribution >= 0.6 is 23.4 Å². The van der Waals surface area contributed by atoms with E-state index in [0.29, 0.717) is 15.9 Å². The summed E-state index contributed by atoms with van der Waals surface area (Å²) in [5.41, 5.74) is 3.90. The zero-order valence-electron chi connectivity index (χ0n) is 18.7. The first-order valence-corrected chi connectivity index (χ1v) is 12.0. The highest BCUT2D eigenvalue weighted by molar-refractivity contribution is 7.99. The van der Waals surface area contributed by atoms with Gasteiger partial charge in [-0.15, -0.1) is 10.2 Å². The molecule has 33 heavy (non-hydrogen) atoms. The van der Waals surface area contributed by atoms with Crippen molar-refractivity contribution in [1.82, 2.24) is 14.8 Å². The van der Waals surface area contributed by atoms with Crippen LogP contribution < -0.4 is 5.32 Å². The summed E-state index contributed by atoms with van der Waals surface area (Å²) in [4.78, 5) is 12.5. The average molecular weight is 477 g/mol. The van der Waals surface area contributed by atoms with Crippen LogP contribution in [0.1, 0.15) is 26.3 Å². The maximum absolute atomic E-state index is 12.5. The van der Waals surface area contributed by atoms with Gasteiger partial charge in [-0.25, -0.2) is 0 Å². The average Bonchev–Trinajstić information content (AvgIpc) is 3.22. The van der Waals surface area contributed by atoms with Crippen molar-refractivity contribution in [3.63, 3.8) is 0 Å². The van der Waals surface area contributed by atoms with Gasteiger partial charge in [0.1, 0.15) is 0 Å². The normalized spacial score (nSPS) is 11.4. The Hall–Kier alpha value is -3.09. The van der Waals surface area contributed by atoms with Crippen LogP contribution in [0, 0.1) is 0 Å². The molecule has 0 aliphatic rings. The van der Waals surface area contributed by atoms with E-state index in [2.05, 4.69) is 60.6 Å². The molecule has 0 saturated heterocycles. The number of para-hydroxylation sites is 1. The Morgan fingerprint density at radius 3 is 2.36 bits per heavy atom. The van der Waals surface area contributed by atoms with Gasteiger partial charge in [0.15, 0.2) is 11.0 Å². The third-order valence-corrected chi connectivity index (χ3v) is 6.26. The lowest BCUT2D eigenvalue weighted by Gasteiger charge is -2.19. The first-order chi connectivity index (χ1) is 15.8. The molecule has 1 N–H and O–H groups in total. The third-order valence-electron chi connectivity index (χ3n) is 5.10. The summed E-state index contributed by atoms with van der Waals surface area (Å²) >= 11 is 7.35. The van der Waals surface area contributed by atoms with E-state index < -0.39 is 0 Å². The molecule has 0 saturated carbocycles. The molecule has 0 aliphatic carbocycles. The van der Waals surface area contributed by atoms with Crippen LogP contribution in [0.4, 0.5) is 5.69 Å². The molecule has 0 fully saturated rings. The molecule has 0 radical (unpaired) electrons. The number of hydrogen-bond donors (Lipinski definition) is 1. The molecule has 0 aliphatic heterocycles. The van der Waals surface area contributed by atoms with Gasteiger partial charge in [0.2, 0.25) is 5.91 Å². The van der Waals surface area contributed by atoms with Crippen molar-refractivity contribution in [3.05, 3.63) is 89.4 Å². The minimum Gasteiger partial charge on any atom is -0.325 e. The van der Waals surface area contributed by atoms with Crippen LogP contribution in [0.5, 0.6) is 0 Å². The molecule has 0 spiro atoms. The van der Waals surface area contributed by atoms with E-state index in [1.54, 1.807) is 24.3 Å². The third kappa shape index (κ3) is 5.64. The molecule has 168 valence electrons. The van der Waals surface area contributed by atoms with E-state index in [-0.39, 0.29) is 17.1 Å². The first kappa shape index (κ1) is 23.1. The molecule has 3 aromatic carbocycles. The number of amides is 1. The van der Waals surface area contributed by atoms with Gasteiger partial charge >= 0.3 is 0 Å². The summed E-state index contributed by atoms with van der Waals surface area (Å²) < 4.78 is 1.99. The lowest BCUT2D eigenvalue weighted by atomic mass is 9.87. The Kier molecular flexibility index (Phi) is 6.86. The molecule has 5 nitrogen and oxygen atoms in total. The quantitative estimate of drug-likeness (QED) is 0.318. The maximum Gasteiger partial charge on any atom is 0.234 e. The monoisotopic (exact) mass is 476 g/mol. The van der Waals surface area contributed by atoms with Crippen molar-refractivity contribution < 1.29 is 4.79 Å². The largest absolute Gasteiger partial charge is 0.325 e. The second-order valence-electron chi connectivity index (χ2n) is 8.65. The van der Waals surface area contributed by atoms with Crippen LogP contribution in [0.3, 0.4) is 0 Å². The van der Waals surface area contributed by atoms with Crippen molar-refractivity contribution in [3.8, 4) is 17.1 Å².